The van der Waals surface area contributed by atoms with Crippen LogP contribution in [-0.4, -0.2) is 19.5 Å². The lowest BCUT2D eigenvalue weighted by Crippen LogP contribution is -2.39. The van der Waals surface area contributed by atoms with Gasteiger partial charge in [-0.3, -0.25) is 4.79 Å². The molecule has 1 unspecified atom stereocenters. The molecule has 0 aromatic heterocycles. The van der Waals surface area contributed by atoms with E-state index in [9.17, 15) is 4.79 Å². The summed E-state index contributed by atoms with van der Waals surface area (Å²) >= 11 is 0. The molecule has 1 aliphatic heterocycles. The van der Waals surface area contributed by atoms with Crippen LogP contribution >= 0.6 is 0 Å². The maximum Gasteiger partial charge on any atom is 0.228 e. The van der Waals surface area contributed by atoms with Crippen LogP contribution in [0.1, 0.15) is 50.6 Å². The van der Waals surface area contributed by atoms with E-state index >= 15 is 0 Å². The zero-order chi connectivity index (χ0) is 14.8. The Bertz CT molecular complexity index is 506. The fourth-order valence-electron chi connectivity index (χ4n) is 3.67. The van der Waals surface area contributed by atoms with Crippen molar-refractivity contribution < 1.29 is 4.79 Å². The normalized spacial score (nSPS) is 29.3. The zero-order valence-corrected chi connectivity index (χ0v) is 13.1. The molecule has 1 amide bonds. The first-order valence-electron chi connectivity index (χ1n) is 8.24. The average molecular weight is 286 g/mol. The number of hydrogen-bond acceptors (Lipinski definition) is 2. The molecule has 1 aliphatic carbocycles. The topological polar surface area (TPSA) is 32.3 Å². The molecule has 0 spiro atoms. The van der Waals surface area contributed by atoms with Gasteiger partial charge in [0, 0.05) is 25.2 Å². The maximum atomic E-state index is 12.1. The Labute approximate surface area is 127 Å². The average Bonchev–Trinajstić information content (AvgIpc) is 2.51. The molecule has 1 N–H and O–H groups in total. The van der Waals surface area contributed by atoms with Gasteiger partial charge in [0.2, 0.25) is 5.91 Å². The van der Waals surface area contributed by atoms with Crippen LogP contribution in [0.2, 0.25) is 0 Å². The van der Waals surface area contributed by atoms with Gasteiger partial charge < -0.3 is 10.2 Å². The second-order valence-corrected chi connectivity index (χ2v) is 6.80. The fraction of sp³-hybridized carbons (Fsp3) is 0.611. The molecule has 3 nitrogen and oxygen atoms in total. The summed E-state index contributed by atoms with van der Waals surface area (Å²) in [6, 6.07) is 8.46. The van der Waals surface area contributed by atoms with Gasteiger partial charge in [-0.25, -0.2) is 0 Å². The van der Waals surface area contributed by atoms with Crippen molar-refractivity contribution in [3.63, 3.8) is 0 Å². The van der Waals surface area contributed by atoms with E-state index in [0.29, 0.717) is 6.42 Å². The summed E-state index contributed by atoms with van der Waals surface area (Å²) in [7, 11) is 1.87. The summed E-state index contributed by atoms with van der Waals surface area (Å²) in [4.78, 5) is 13.9. The van der Waals surface area contributed by atoms with Crippen molar-refractivity contribution in [2.45, 2.75) is 45.1 Å². The molecular formula is C18H26N2O. The summed E-state index contributed by atoms with van der Waals surface area (Å²) in [5, 5.41) is 3.67. The third-order valence-corrected chi connectivity index (χ3v) is 5.21. The van der Waals surface area contributed by atoms with Crippen molar-refractivity contribution in [1.82, 2.24) is 5.32 Å². The van der Waals surface area contributed by atoms with Gasteiger partial charge in [-0.05, 0) is 42.9 Å². The Morgan fingerprint density at radius 3 is 2.67 bits per heavy atom. The number of amides is 1. The van der Waals surface area contributed by atoms with Crippen molar-refractivity contribution in [2.24, 2.45) is 11.8 Å². The predicted molar refractivity (Wildman–Crippen MR) is 86.3 cm³/mol. The molecule has 3 rings (SSSR count). The highest BCUT2D eigenvalue weighted by molar-refractivity contribution is 5.96. The summed E-state index contributed by atoms with van der Waals surface area (Å²) < 4.78 is 0. The van der Waals surface area contributed by atoms with Gasteiger partial charge in [0.15, 0.2) is 0 Å². The van der Waals surface area contributed by atoms with Crippen molar-refractivity contribution >= 4 is 11.6 Å². The number of benzene rings is 1. The van der Waals surface area contributed by atoms with Gasteiger partial charge in [-0.2, -0.15) is 0 Å². The summed E-state index contributed by atoms with van der Waals surface area (Å²) in [5.41, 5.74) is 2.33. The summed E-state index contributed by atoms with van der Waals surface area (Å²) in [5.74, 6) is 1.89. The Balaban J connectivity index is 1.66. The number of hydrogen-bond donors (Lipinski definition) is 1. The largest absolute Gasteiger partial charge is 0.315 e. The molecule has 2 aliphatic rings. The molecular weight excluding hydrogens is 260 g/mol. The van der Waals surface area contributed by atoms with Gasteiger partial charge in [-0.1, -0.05) is 38.0 Å². The van der Waals surface area contributed by atoms with Crippen LogP contribution in [0.25, 0.3) is 0 Å². The zero-order valence-electron chi connectivity index (χ0n) is 13.1. The molecule has 1 heterocycles. The lowest BCUT2D eigenvalue weighted by atomic mass is 9.83. The number of carbonyl (C=O) groups is 1. The molecule has 0 saturated heterocycles. The monoisotopic (exact) mass is 286 g/mol. The number of nitrogens with zero attached hydrogens (tertiary/aromatic N) is 1. The second-order valence-electron chi connectivity index (χ2n) is 6.80. The number of rotatable bonds is 3. The molecule has 1 aromatic carbocycles. The van der Waals surface area contributed by atoms with Crippen LogP contribution in [0, 0.1) is 11.8 Å². The highest BCUT2D eigenvalue weighted by atomic mass is 16.2. The van der Waals surface area contributed by atoms with Gasteiger partial charge in [-0.15, -0.1) is 0 Å². The van der Waals surface area contributed by atoms with E-state index in [-0.39, 0.29) is 11.9 Å². The minimum absolute atomic E-state index is 0.184. The summed E-state index contributed by atoms with van der Waals surface area (Å²) in [6.07, 6.45) is 5.95. The SMILES string of the molecule is CC1CCC(CNC2CC(=O)N(C)c3ccccc32)CC1. The first-order chi connectivity index (χ1) is 10.1. The van der Waals surface area contributed by atoms with E-state index < -0.39 is 0 Å². The predicted octanol–water partition coefficient (Wildman–Crippen LogP) is 3.51. The van der Waals surface area contributed by atoms with Crippen molar-refractivity contribution in [1.29, 1.82) is 0 Å². The number of para-hydroxylation sites is 1. The Kier molecular flexibility index (Phi) is 4.29. The van der Waals surface area contributed by atoms with Crippen LogP contribution in [0.15, 0.2) is 24.3 Å². The van der Waals surface area contributed by atoms with Gasteiger partial charge in [0.1, 0.15) is 0 Å². The first-order valence-corrected chi connectivity index (χ1v) is 8.24. The molecule has 1 atom stereocenters. The van der Waals surface area contributed by atoms with E-state index in [1.807, 2.05) is 19.2 Å². The van der Waals surface area contributed by atoms with Gasteiger partial charge in [0.25, 0.3) is 0 Å². The third kappa shape index (κ3) is 3.13. The molecule has 114 valence electrons. The molecule has 1 fully saturated rings. The number of anilines is 1. The van der Waals surface area contributed by atoms with Crippen molar-refractivity contribution in [3.8, 4) is 0 Å². The lowest BCUT2D eigenvalue weighted by Gasteiger charge is -2.34. The van der Waals surface area contributed by atoms with Crippen molar-refractivity contribution in [2.75, 3.05) is 18.5 Å². The molecule has 1 aromatic rings. The highest BCUT2D eigenvalue weighted by Crippen LogP contribution is 2.34. The van der Waals surface area contributed by atoms with Gasteiger partial charge >= 0.3 is 0 Å². The molecule has 1 saturated carbocycles. The number of fused-ring (bicyclic) bond motifs is 1. The van der Waals surface area contributed by atoms with Crippen LogP contribution in [-0.2, 0) is 4.79 Å². The fourth-order valence-corrected chi connectivity index (χ4v) is 3.67. The van der Waals surface area contributed by atoms with Crippen LogP contribution < -0.4 is 10.2 Å². The molecule has 0 radical (unpaired) electrons. The Hall–Kier alpha value is -1.35. The Morgan fingerprint density at radius 2 is 1.90 bits per heavy atom. The van der Waals surface area contributed by atoms with Crippen molar-refractivity contribution in [3.05, 3.63) is 29.8 Å². The lowest BCUT2D eigenvalue weighted by molar-refractivity contribution is -0.119. The van der Waals surface area contributed by atoms with Crippen LogP contribution in [0.5, 0.6) is 0 Å². The quantitative estimate of drug-likeness (QED) is 0.922. The minimum Gasteiger partial charge on any atom is -0.315 e. The van der Waals surface area contributed by atoms with E-state index in [0.717, 1.165) is 24.1 Å². The number of carbonyl (C=O) groups excluding carboxylic acids is 1. The molecule has 0 bridgehead atoms. The maximum absolute atomic E-state index is 12.1. The Morgan fingerprint density at radius 1 is 1.19 bits per heavy atom. The smallest absolute Gasteiger partial charge is 0.228 e. The van der Waals surface area contributed by atoms with Gasteiger partial charge in [0.05, 0.1) is 0 Å². The van der Waals surface area contributed by atoms with Crippen LogP contribution in [0.4, 0.5) is 5.69 Å². The molecule has 21 heavy (non-hydrogen) atoms. The van der Waals surface area contributed by atoms with E-state index in [4.69, 9.17) is 0 Å². The first kappa shape index (κ1) is 14.6. The standard InChI is InChI=1S/C18H26N2O/c1-13-7-9-14(10-8-13)12-19-16-11-18(21)20(2)17-6-4-3-5-15(16)17/h3-6,13-14,16,19H,7-12H2,1-2H3. The molecule has 3 heteroatoms. The minimum atomic E-state index is 0.184. The van der Waals surface area contributed by atoms with E-state index in [1.165, 1.54) is 31.2 Å². The summed E-state index contributed by atoms with van der Waals surface area (Å²) in [6.45, 7) is 3.40. The third-order valence-electron chi connectivity index (χ3n) is 5.21. The van der Waals surface area contributed by atoms with Crippen LogP contribution in [0.3, 0.4) is 0 Å². The number of nitrogens with one attached hydrogen (secondary N) is 1. The second kappa shape index (κ2) is 6.18. The highest BCUT2D eigenvalue weighted by Gasteiger charge is 2.29. The van der Waals surface area contributed by atoms with E-state index in [2.05, 4.69) is 24.4 Å². The van der Waals surface area contributed by atoms with E-state index in [1.54, 1.807) is 4.90 Å².